The normalized spacial score (nSPS) is 17.3. The van der Waals surface area contributed by atoms with E-state index >= 15 is 0 Å². The summed E-state index contributed by atoms with van der Waals surface area (Å²) in [6.07, 6.45) is -0.782. The van der Waals surface area contributed by atoms with Crippen LogP contribution in [0.5, 0.6) is 0 Å². The van der Waals surface area contributed by atoms with E-state index in [4.69, 9.17) is 0 Å². The van der Waals surface area contributed by atoms with Gasteiger partial charge in [0.25, 0.3) is 0 Å². The summed E-state index contributed by atoms with van der Waals surface area (Å²) >= 11 is 0. The molecule has 2 N–H and O–H groups in total. The van der Waals surface area contributed by atoms with Gasteiger partial charge in [0.2, 0.25) is 0 Å². The fourth-order valence-electron chi connectivity index (χ4n) is 3.67. The lowest BCUT2D eigenvalue weighted by atomic mass is 10.1. The molecule has 1 aliphatic rings. The minimum absolute atomic E-state index is 0. The average Bonchev–Trinajstić information content (AvgIpc) is 3.37. The Balaban J connectivity index is 0.00000363. The van der Waals surface area contributed by atoms with Crippen LogP contribution in [-0.4, -0.2) is 57.8 Å². The van der Waals surface area contributed by atoms with Crippen LogP contribution in [0, 0.1) is 0 Å². The quantitative estimate of drug-likeness (QED) is 0.292. The van der Waals surface area contributed by atoms with Crippen molar-refractivity contribution in [2.75, 3.05) is 26.2 Å². The monoisotopic (exact) mass is 565 g/mol. The van der Waals surface area contributed by atoms with E-state index in [1.807, 2.05) is 18.4 Å². The number of halogens is 4. The number of benzene rings is 1. The third-order valence-electron chi connectivity index (χ3n) is 5.27. The summed E-state index contributed by atoms with van der Waals surface area (Å²) in [6, 6.07) is 5.66. The summed E-state index contributed by atoms with van der Waals surface area (Å²) < 4.78 is 40.2. The van der Waals surface area contributed by atoms with Crippen LogP contribution >= 0.6 is 24.0 Å². The van der Waals surface area contributed by atoms with Crippen molar-refractivity contribution in [2.45, 2.75) is 52.0 Å². The van der Waals surface area contributed by atoms with Crippen LogP contribution in [0.1, 0.15) is 37.2 Å². The molecule has 0 aliphatic carbocycles. The van der Waals surface area contributed by atoms with E-state index in [9.17, 15) is 13.2 Å². The minimum Gasteiger partial charge on any atom is -0.357 e. The predicted molar refractivity (Wildman–Crippen MR) is 129 cm³/mol. The molecule has 1 saturated heterocycles. The first-order valence-electron chi connectivity index (χ1n) is 10.7. The number of hydrogen-bond acceptors (Lipinski definition) is 4. The highest BCUT2D eigenvalue weighted by Crippen LogP contribution is 2.29. The van der Waals surface area contributed by atoms with Gasteiger partial charge in [0.05, 0.1) is 12.1 Å². The Morgan fingerprint density at radius 3 is 2.62 bits per heavy atom. The number of hydrogen-bond donors (Lipinski definition) is 2. The van der Waals surface area contributed by atoms with Crippen LogP contribution in [-0.2, 0) is 25.7 Å². The van der Waals surface area contributed by atoms with E-state index in [2.05, 4.69) is 30.7 Å². The Hall–Kier alpha value is -1.89. The molecule has 11 heteroatoms. The largest absolute Gasteiger partial charge is 0.416 e. The molecular formula is C21H31F3IN7. The number of nitrogens with one attached hydrogen (secondary N) is 2. The van der Waals surface area contributed by atoms with Crippen LogP contribution in [0.4, 0.5) is 13.2 Å². The number of aliphatic imine (C=N–C) groups is 1. The average molecular weight is 565 g/mol. The van der Waals surface area contributed by atoms with Gasteiger partial charge in [-0.05, 0) is 31.0 Å². The minimum atomic E-state index is -4.30. The molecule has 0 amide bonds. The molecule has 0 bridgehead atoms. The maximum atomic E-state index is 12.7. The van der Waals surface area contributed by atoms with Crippen molar-refractivity contribution in [3.8, 4) is 0 Å². The summed E-state index contributed by atoms with van der Waals surface area (Å²) in [7, 11) is 0. The summed E-state index contributed by atoms with van der Waals surface area (Å²) in [6.45, 7) is 8.51. The highest BCUT2D eigenvalue weighted by Gasteiger charge is 2.30. The van der Waals surface area contributed by atoms with Gasteiger partial charge in [-0.3, -0.25) is 9.89 Å². The number of likely N-dealkylation sites (tertiary alicyclic amines) is 1. The summed E-state index contributed by atoms with van der Waals surface area (Å²) in [4.78, 5) is 6.91. The van der Waals surface area contributed by atoms with Crippen molar-refractivity contribution >= 4 is 29.9 Å². The van der Waals surface area contributed by atoms with Crippen molar-refractivity contribution in [2.24, 2.45) is 4.99 Å². The zero-order valence-corrected chi connectivity index (χ0v) is 20.7. The molecule has 32 heavy (non-hydrogen) atoms. The molecule has 2 heterocycles. The molecule has 1 aliphatic heterocycles. The Labute approximate surface area is 203 Å². The van der Waals surface area contributed by atoms with E-state index in [-0.39, 0.29) is 30.0 Å². The molecule has 3 rings (SSSR count). The maximum Gasteiger partial charge on any atom is 0.416 e. The molecule has 0 spiro atoms. The van der Waals surface area contributed by atoms with Gasteiger partial charge < -0.3 is 15.2 Å². The fraction of sp³-hybridized carbons (Fsp3) is 0.571. The van der Waals surface area contributed by atoms with Crippen molar-refractivity contribution in [1.82, 2.24) is 30.3 Å². The van der Waals surface area contributed by atoms with Gasteiger partial charge in [0, 0.05) is 45.2 Å². The molecule has 0 radical (unpaired) electrons. The van der Waals surface area contributed by atoms with Crippen molar-refractivity contribution < 1.29 is 13.2 Å². The molecular weight excluding hydrogens is 534 g/mol. The second-order valence-corrected chi connectivity index (χ2v) is 7.61. The van der Waals surface area contributed by atoms with Crippen molar-refractivity contribution in [3.05, 3.63) is 47.5 Å². The first-order valence-corrected chi connectivity index (χ1v) is 10.7. The van der Waals surface area contributed by atoms with Gasteiger partial charge in [-0.1, -0.05) is 19.1 Å². The first-order chi connectivity index (χ1) is 14.9. The lowest BCUT2D eigenvalue weighted by Gasteiger charge is -2.19. The van der Waals surface area contributed by atoms with Crippen LogP contribution < -0.4 is 10.6 Å². The molecule has 1 aromatic carbocycles. The van der Waals surface area contributed by atoms with Gasteiger partial charge in [-0.25, -0.2) is 0 Å². The Morgan fingerprint density at radius 2 is 1.97 bits per heavy atom. The molecule has 0 saturated carbocycles. The number of nitrogens with zero attached hydrogens (tertiary/aromatic N) is 5. The molecule has 7 nitrogen and oxygen atoms in total. The van der Waals surface area contributed by atoms with E-state index < -0.39 is 11.7 Å². The molecule has 1 unspecified atom stereocenters. The second-order valence-electron chi connectivity index (χ2n) is 7.61. The lowest BCUT2D eigenvalue weighted by molar-refractivity contribution is -0.137. The number of aromatic nitrogens is 3. The molecule has 1 aromatic heterocycles. The number of guanidine groups is 1. The smallest absolute Gasteiger partial charge is 0.357 e. The molecule has 2 aromatic rings. The SMILES string of the molecule is CCNC(=NCCn1cnnc1CC)NC1CCN(Cc2ccc(C(F)(F)F)cc2)C1.I. The molecule has 1 atom stereocenters. The molecule has 1 fully saturated rings. The Morgan fingerprint density at radius 1 is 1.22 bits per heavy atom. The van der Waals surface area contributed by atoms with Crippen molar-refractivity contribution in [3.63, 3.8) is 0 Å². The van der Waals surface area contributed by atoms with Crippen LogP contribution in [0.2, 0.25) is 0 Å². The number of aryl methyl sites for hydroxylation is 1. The van der Waals surface area contributed by atoms with E-state index in [1.165, 1.54) is 0 Å². The van der Waals surface area contributed by atoms with E-state index in [0.717, 1.165) is 68.5 Å². The van der Waals surface area contributed by atoms with Gasteiger partial charge in [-0.15, -0.1) is 34.2 Å². The summed E-state index contributed by atoms with van der Waals surface area (Å²) in [5.74, 6) is 1.72. The Bertz CT molecular complexity index is 852. The topological polar surface area (TPSA) is 70.4 Å². The van der Waals surface area contributed by atoms with Gasteiger partial charge in [-0.2, -0.15) is 13.2 Å². The fourth-order valence-corrected chi connectivity index (χ4v) is 3.67. The number of rotatable bonds is 8. The standard InChI is InChI=1S/C21H30F3N7.HI/c1-3-19-29-27-15-31(19)12-10-26-20(25-4-2)28-18-9-11-30(14-18)13-16-5-7-17(8-6-16)21(22,23)24;/h5-8,15,18H,3-4,9-14H2,1-2H3,(H2,25,26,28);1H. The lowest BCUT2D eigenvalue weighted by Crippen LogP contribution is -2.44. The molecule has 178 valence electrons. The summed E-state index contributed by atoms with van der Waals surface area (Å²) in [5, 5.41) is 14.8. The first kappa shape index (κ1) is 26.4. The highest BCUT2D eigenvalue weighted by atomic mass is 127. The third kappa shape index (κ3) is 7.61. The van der Waals surface area contributed by atoms with E-state index in [0.29, 0.717) is 13.1 Å². The van der Waals surface area contributed by atoms with Crippen molar-refractivity contribution in [1.29, 1.82) is 0 Å². The van der Waals surface area contributed by atoms with Gasteiger partial charge >= 0.3 is 6.18 Å². The van der Waals surface area contributed by atoms with Crippen LogP contribution in [0.3, 0.4) is 0 Å². The predicted octanol–water partition coefficient (Wildman–Crippen LogP) is 3.31. The van der Waals surface area contributed by atoms with Crippen LogP contribution in [0.25, 0.3) is 0 Å². The summed E-state index contributed by atoms with van der Waals surface area (Å²) in [5.41, 5.74) is 0.274. The van der Waals surface area contributed by atoms with Gasteiger partial charge in [0.15, 0.2) is 5.96 Å². The van der Waals surface area contributed by atoms with Gasteiger partial charge in [0.1, 0.15) is 12.2 Å². The van der Waals surface area contributed by atoms with E-state index in [1.54, 1.807) is 18.5 Å². The Kier molecular flexibility index (Phi) is 10.2. The second kappa shape index (κ2) is 12.4. The van der Waals surface area contributed by atoms with Crippen LogP contribution in [0.15, 0.2) is 35.6 Å². The maximum absolute atomic E-state index is 12.7. The zero-order chi connectivity index (χ0) is 22.3. The zero-order valence-electron chi connectivity index (χ0n) is 18.4. The highest BCUT2D eigenvalue weighted by molar-refractivity contribution is 14.0. The number of alkyl halides is 3. The third-order valence-corrected chi connectivity index (χ3v) is 5.27.